The molecule has 0 fully saturated rings. The maximum absolute atomic E-state index is 13.4. The molecule has 0 radical (unpaired) electrons. The number of fused-ring (bicyclic) bond motifs is 1. The zero-order chi connectivity index (χ0) is 21.0. The molecule has 1 heterocycles. The molecule has 2 N–H and O–H groups in total. The van der Waals surface area contributed by atoms with Crippen molar-refractivity contribution in [3.05, 3.63) is 53.8 Å². The zero-order valence-electron chi connectivity index (χ0n) is 16.0. The van der Waals surface area contributed by atoms with Gasteiger partial charge in [0.2, 0.25) is 5.91 Å². The van der Waals surface area contributed by atoms with Gasteiger partial charge in [-0.25, -0.2) is 4.39 Å². The number of rotatable bonds is 6. The second kappa shape index (κ2) is 8.72. The number of esters is 1. The van der Waals surface area contributed by atoms with Crippen molar-refractivity contribution in [1.82, 2.24) is 0 Å². The summed E-state index contributed by atoms with van der Waals surface area (Å²) in [5.41, 5.74) is 1.21. The van der Waals surface area contributed by atoms with Gasteiger partial charge in [0.1, 0.15) is 11.6 Å². The zero-order valence-corrected chi connectivity index (χ0v) is 16.0. The number of hydrogen-bond donors (Lipinski definition) is 2. The highest BCUT2D eigenvalue weighted by atomic mass is 19.1. The van der Waals surface area contributed by atoms with Crippen LogP contribution < -0.4 is 15.4 Å². The van der Waals surface area contributed by atoms with Gasteiger partial charge in [0.05, 0.1) is 12.5 Å². The minimum absolute atomic E-state index is 0.134. The number of hydrogen-bond acceptors (Lipinski definition) is 5. The molecule has 2 amide bonds. The molecule has 29 heavy (non-hydrogen) atoms. The molecule has 2 unspecified atom stereocenters. The van der Waals surface area contributed by atoms with Crippen LogP contribution in [0.2, 0.25) is 0 Å². The molecule has 7 nitrogen and oxygen atoms in total. The van der Waals surface area contributed by atoms with Crippen LogP contribution in [0.3, 0.4) is 0 Å². The highest BCUT2D eigenvalue weighted by Crippen LogP contribution is 2.33. The fraction of sp³-hybridized carbons (Fsp3) is 0.286. The lowest BCUT2D eigenvalue weighted by Crippen LogP contribution is -2.34. The van der Waals surface area contributed by atoms with Gasteiger partial charge < -0.3 is 20.1 Å². The van der Waals surface area contributed by atoms with Crippen LogP contribution in [-0.2, 0) is 19.1 Å². The molecule has 1 aliphatic rings. The number of carbonyl (C=O) groups excluding carboxylic acids is 3. The van der Waals surface area contributed by atoms with Crippen molar-refractivity contribution in [2.45, 2.75) is 32.3 Å². The van der Waals surface area contributed by atoms with Gasteiger partial charge in [-0.15, -0.1) is 0 Å². The van der Waals surface area contributed by atoms with Crippen LogP contribution >= 0.6 is 0 Å². The molecular formula is C21H21FN2O5. The molecule has 2 aromatic carbocycles. The fourth-order valence-electron chi connectivity index (χ4n) is 3.00. The lowest BCUT2D eigenvalue weighted by Gasteiger charge is -2.25. The highest BCUT2D eigenvalue weighted by Gasteiger charge is 2.33. The number of anilines is 2. The van der Waals surface area contributed by atoms with Crippen LogP contribution in [0.5, 0.6) is 5.75 Å². The van der Waals surface area contributed by atoms with E-state index in [0.29, 0.717) is 23.6 Å². The Morgan fingerprint density at radius 1 is 1.24 bits per heavy atom. The smallest absolute Gasteiger partial charge is 0.314 e. The van der Waals surface area contributed by atoms with E-state index in [1.807, 2.05) is 6.92 Å². The predicted octanol–water partition coefficient (Wildman–Crippen LogP) is 3.22. The van der Waals surface area contributed by atoms with Crippen molar-refractivity contribution >= 4 is 29.2 Å². The van der Waals surface area contributed by atoms with Gasteiger partial charge in [-0.3, -0.25) is 14.4 Å². The fourth-order valence-corrected chi connectivity index (χ4v) is 3.00. The summed E-state index contributed by atoms with van der Waals surface area (Å²) in [5.74, 6) is -2.41. The summed E-state index contributed by atoms with van der Waals surface area (Å²) in [7, 11) is 0. The monoisotopic (exact) mass is 400 g/mol. The van der Waals surface area contributed by atoms with Gasteiger partial charge in [0.15, 0.2) is 6.10 Å². The first kappa shape index (κ1) is 20.3. The van der Waals surface area contributed by atoms with Gasteiger partial charge in [0.25, 0.3) is 5.91 Å². The highest BCUT2D eigenvalue weighted by molar-refractivity contribution is 6.01. The van der Waals surface area contributed by atoms with Crippen LogP contribution in [0.25, 0.3) is 0 Å². The van der Waals surface area contributed by atoms with E-state index in [1.54, 1.807) is 24.3 Å². The van der Waals surface area contributed by atoms with Crippen LogP contribution in [0.15, 0.2) is 42.5 Å². The van der Waals surface area contributed by atoms with Gasteiger partial charge in [-0.2, -0.15) is 0 Å². The Hall–Kier alpha value is -3.42. The van der Waals surface area contributed by atoms with E-state index in [4.69, 9.17) is 9.47 Å². The van der Waals surface area contributed by atoms with Crippen LogP contribution in [-0.4, -0.2) is 30.5 Å². The topological polar surface area (TPSA) is 93.7 Å². The molecule has 152 valence electrons. The Bertz CT molecular complexity index is 929. The second-order valence-electron chi connectivity index (χ2n) is 6.56. The Kier molecular flexibility index (Phi) is 6.11. The first-order valence-corrected chi connectivity index (χ1v) is 9.21. The average Bonchev–Trinajstić information content (AvgIpc) is 2.68. The Labute approximate surface area is 167 Å². The molecule has 2 aromatic rings. The quantitative estimate of drug-likeness (QED) is 0.726. The molecule has 0 aliphatic carbocycles. The summed E-state index contributed by atoms with van der Waals surface area (Å²) in [6, 6.07) is 10.6. The summed E-state index contributed by atoms with van der Waals surface area (Å²) in [6.07, 6.45) is -1.21. The number of benzene rings is 2. The third-order valence-corrected chi connectivity index (χ3v) is 4.43. The number of halogens is 1. The maximum Gasteiger partial charge on any atom is 0.314 e. The summed E-state index contributed by atoms with van der Waals surface area (Å²) < 4.78 is 24.0. The molecule has 0 spiro atoms. The van der Waals surface area contributed by atoms with E-state index in [0.717, 1.165) is 6.07 Å². The average molecular weight is 400 g/mol. The third kappa shape index (κ3) is 4.90. The number of ether oxygens (including phenoxy) is 2. The van der Waals surface area contributed by atoms with Crippen molar-refractivity contribution in [2.75, 3.05) is 17.2 Å². The lowest BCUT2D eigenvalue weighted by molar-refractivity contribution is -0.155. The minimum atomic E-state index is -1.08. The molecule has 2 atom stereocenters. The molecule has 3 rings (SSSR count). The van der Waals surface area contributed by atoms with Gasteiger partial charge in [-0.1, -0.05) is 6.07 Å². The molecule has 0 aromatic heterocycles. The van der Waals surface area contributed by atoms with E-state index in [-0.39, 0.29) is 12.1 Å². The summed E-state index contributed by atoms with van der Waals surface area (Å²) >= 11 is 0. The number of amides is 2. The largest absolute Gasteiger partial charge is 0.494 e. The van der Waals surface area contributed by atoms with Crippen LogP contribution in [0, 0.1) is 5.82 Å². The number of carbonyl (C=O) groups is 3. The summed E-state index contributed by atoms with van der Waals surface area (Å²) in [5, 5.41) is 5.19. The molecule has 0 saturated heterocycles. The van der Waals surface area contributed by atoms with E-state index in [2.05, 4.69) is 10.6 Å². The van der Waals surface area contributed by atoms with E-state index < -0.39 is 35.6 Å². The predicted molar refractivity (Wildman–Crippen MR) is 104 cm³/mol. The van der Waals surface area contributed by atoms with Crippen molar-refractivity contribution in [3.63, 3.8) is 0 Å². The standard InChI is InChI=1S/C21H21FN2O5/c1-3-28-15-7-5-14(6-8-15)23-20(26)12(2)29-21(27)17-11-19(25)24-18-10-13(22)4-9-16(17)18/h4-10,12,17H,3,11H2,1-2H3,(H,23,26)(H,24,25). The van der Waals surface area contributed by atoms with Crippen molar-refractivity contribution < 1.29 is 28.2 Å². The Balaban J connectivity index is 1.64. The van der Waals surface area contributed by atoms with Crippen LogP contribution in [0.1, 0.15) is 31.7 Å². The van der Waals surface area contributed by atoms with Crippen molar-refractivity contribution in [2.24, 2.45) is 0 Å². The first-order chi connectivity index (χ1) is 13.9. The SMILES string of the molecule is CCOc1ccc(NC(=O)C(C)OC(=O)C2CC(=O)Nc3cc(F)ccc32)cc1. The first-order valence-electron chi connectivity index (χ1n) is 9.21. The third-order valence-electron chi connectivity index (χ3n) is 4.43. The van der Waals surface area contributed by atoms with Gasteiger partial charge in [0, 0.05) is 17.8 Å². The molecular weight excluding hydrogens is 379 g/mol. The summed E-state index contributed by atoms with van der Waals surface area (Å²) in [6.45, 7) is 3.85. The second-order valence-corrected chi connectivity index (χ2v) is 6.56. The molecule has 0 saturated carbocycles. The van der Waals surface area contributed by atoms with E-state index in [9.17, 15) is 18.8 Å². The number of nitrogens with one attached hydrogen (secondary N) is 2. The lowest BCUT2D eigenvalue weighted by atomic mass is 9.90. The maximum atomic E-state index is 13.4. The normalized spacial score (nSPS) is 16.2. The summed E-state index contributed by atoms with van der Waals surface area (Å²) in [4.78, 5) is 36.8. The Morgan fingerprint density at radius 2 is 1.97 bits per heavy atom. The molecule has 0 bridgehead atoms. The minimum Gasteiger partial charge on any atom is -0.494 e. The van der Waals surface area contributed by atoms with Gasteiger partial charge >= 0.3 is 5.97 Å². The van der Waals surface area contributed by atoms with E-state index in [1.165, 1.54) is 19.1 Å². The Morgan fingerprint density at radius 3 is 2.66 bits per heavy atom. The van der Waals surface area contributed by atoms with E-state index >= 15 is 0 Å². The molecule has 8 heteroatoms. The van der Waals surface area contributed by atoms with Gasteiger partial charge in [-0.05, 0) is 55.8 Å². The molecule has 1 aliphatic heterocycles. The van der Waals surface area contributed by atoms with Crippen molar-refractivity contribution in [3.8, 4) is 5.75 Å². The van der Waals surface area contributed by atoms with Crippen LogP contribution in [0.4, 0.5) is 15.8 Å². The van der Waals surface area contributed by atoms with Crippen molar-refractivity contribution in [1.29, 1.82) is 0 Å².